The first-order chi connectivity index (χ1) is 10.5. The first-order valence-electron chi connectivity index (χ1n) is 6.90. The summed E-state index contributed by atoms with van der Waals surface area (Å²) in [6.07, 6.45) is 0.405. The van der Waals surface area contributed by atoms with Gasteiger partial charge in [-0.3, -0.25) is 4.79 Å². The first-order valence-corrected chi connectivity index (χ1v) is 7.69. The summed E-state index contributed by atoms with van der Waals surface area (Å²) in [5.41, 5.74) is 0.146. The van der Waals surface area contributed by atoms with Crippen molar-refractivity contribution >= 4 is 27.8 Å². The molecule has 2 atom stereocenters. The van der Waals surface area contributed by atoms with E-state index < -0.39 is 11.5 Å². The van der Waals surface area contributed by atoms with Crippen LogP contribution in [0.2, 0.25) is 0 Å². The zero-order valence-electron chi connectivity index (χ0n) is 11.6. The highest BCUT2D eigenvalue weighted by Gasteiger charge is 2.62. The fourth-order valence-electron chi connectivity index (χ4n) is 2.69. The van der Waals surface area contributed by atoms with Gasteiger partial charge in [-0.2, -0.15) is 0 Å². The Morgan fingerprint density at radius 1 is 1.09 bits per heavy atom. The molecule has 2 aromatic rings. The third-order valence-corrected chi connectivity index (χ3v) is 4.69. The molecule has 0 heterocycles. The number of aliphatic carboxylic acids is 1. The average Bonchev–Trinajstić information content (AvgIpc) is 3.24. The van der Waals surface area contributed by atoms with Crippen LogP contribution in [0, 0.1) is 0 Å². The maximum Gasteiger partial charge on any atom is 0.330 e. The second-order valence-corrected chi connectivity index (χ2v) is 6.23. The van der Waals surface area contributed by atoms with Crippen molar-refractivity contribution in [1.29, 1.82) is 0 Å². The summed E-state index contributed by atoms with van der Waals surface area (Å²) >= 11 is 3.31. The van der Waals surface area contributed by atoms with E-state index >= 15 is 0 Å². The maximum absolute atomic E-state index is 12.4. The van der Waals surface area contributed by atoms with Gasteiger partial charge in [-0.05, 0) is 40.0 Å². The minimum atomic E-state index is -1.21. The second kappa shape index (κ2) is 5.57. The van der Waals surface area contributed by atoms with Gasteiger partial charge in [0.05, 0.1) is 5.56 Å². The Kier molecular flexibility index (Phi) is 3.74. The van der Waals surface area contributed by atoms with Gasteiger partial charge in [-0.25, -0.2) is 4.79 Å². The first kappa shape index (κ1) is 14.8. The van der Waals surface area contributed by atoms with Gasteiger partial charge in [0.1, 0.15) is 5.54 Å². The molecule has 2 unspecified atom stereocenters. The summed E-state index contributed by atoms with van der Waals surface area (Å²) in [6, 6.07) is 16.4. The van der Waals surface area contributed by atoms with E-state index in [1.165, 1.54) is 0 Å². The maximum atomic E-state index is 12.4. The lowest BCUT2D eigenvalue weighted by Gasteiger charge is -2.16. The van der Waals surface area contributed by atoms with Gasteiger partial charge in [0.25, 0.3) is 5.91 Å². The molecule has 0 aromatic heterocycles. The molecule has 2 N–H and O–H groups in total. The molecule has 1 aliphatic rings. The Morgan fingerprint density at radius 2 is 1.73 bits per heavy atom. The highest BCUT2D eigenvalue weighted by molar-refractivity contribution is 9.10. The molecule has 4 nitrogen and oxygen atoms in total. The van der Waals surface area contributed by atoms with E-state index in [0.29, 0.717) is 16.5 Å². The summed E-state index contributed by atoms with van der Waals surface area (Å²) in [7, 11) is 0. The van der Waals surface area contributed by atoms with Gasteiger partial charge >= 0.3 is 5.97 Å². The molecule has 0 spiro atoms. The van der Waals surface area contributed by atoms with Crippen LogP contribution in [0.1, 0.15) is 28.3 Å². The van der Waals surface area contributed by atoms with Crippen molar-refractivity contribution in [3.63, 3.8) is 0 Å². The molecular weight excluding hydrogens is 346 g/mol. The predicted molar refractivity (Wildman–Crippen MR) is 85.8 cm³/mol. The fraction of sp³-hybridized carbons (Fsp3) is 0.176. The summed E-state index contributed by atoms with van der Waals surface area (Å²) in [5.74, 6) is -1.58. The van der Waals surface area contributed by atoms with E-state index in [1.807, 2.05) is 30.3 Å². The molecule has 1 aliphatic carbocycles. The highest BCUT2D eigenvalue weighted by Crippen LogP contribution is 2.51. The lowest BCUT2D eigenvalue weighted by molar-refractivity contribution is -0.140. The van der Waals surface area contributed by atoms with Crippen molar-refractivity contribution in [3.8, 4) is 0 Å². The van der Waals surface area contributed by atoms with E-state index in [1.54, 1.807) is 24.3 Å². The number of hydrogen-bond acceptors (Lipinski definition) is 2. The summed E-state index contributed by atoms with van der Waals surface area (Å²) in [4.78, 5) is 24.1. The Bertz CT molecular complexity index is 732. The predicted octanol–water partition coefficient (Wildman–Crippen LogP) is 3.19. The molecule has 1 saturated carbocycles. The van der Waals surface area contributed by atoms with Crippen LogP contribution in [0.15, 0.2) is 59.1 Å². The standard InChI is InChI=1S/C17H14BrNO3/c18-14-9-5-4-8-12(14)15(20)19-17(16(21)22)10-13(17)11-6-2-1-3-7-11/h1-9,13H,10H2,(H,19,20)(H,21,22). The van der Waals surface area contributed by atoms with Crippen LogP contribution in [-0.4, -0.2) is 22.5 Å². The molecule has 112 valence electrons. The molecule has 22 heavy (non-hydrogen) atoms. The molecule has 1 amide bonds. The van der Waals surface area contributed by atoms with Crippen molar-refractivity contribution in [2.24, 2.45) is 0 Å². The molecule has 0 aliphatic heterocycles. The molecule has 2 aromatic carbocycles. The van der Waals surface area contributed by atoms with E-state index in [9.17, 15) is 14.7 Å². The Hall–Kier alpha value is -2.14. The van der Waals surface area contributed by atoms with E-state index in [2.05, 4.69) is 21.2 Å². The number of carboxylic acid groups (broad SMARTS) is 1. The van der Waals surface area contributed by atoms with Crippen LogP contribution in [0.5, 0.6) is 0 Å². The molecule has 0 bridgehead atoms. The van der Waals surface area contributed by atoms with Crippen molar-refractivity contribution in [3.05, 3.63) is 70.2 Å². The summed E-state index contributed by atoms with van der Waals surface area (Å²) < 4.78 is 0.643. The minimum Gasteiger partial charge on any atom is -0.479 e. The van der Waals surface area contributed by atoms with Crippen LogP contribution in [-0.2, 0) is 4.79 Å². The average molecular weight is 360 g/mol. The highest BCUT2D eigenvalue weighted by atomic mass is 79.9. The number of amides is 1. The van der Waals surface area contributed by atoms with Crippen LogP contribution < -0.4 is 5.32 Å². The number of carbonyl (C=O) groups excluding carboxylic acids is 1. The van der Waals surface area contributed by atoms with E-state index in [4.69, 9.17) is 0 Å². The van der Waals surface area contributed by atoms with Gasteiger partial charge in [0.15, 0.2) is 0 Å². The number of nitrogens with one attached hydrogen (secondary N) is 1. The number of carbonyl (C=O) groups is 2. The second-order valence-electron chi connectivity index (χ2n) is 5.38. The number of carboxylic acids is 1. The van der Waals surface area contributed by atoms with Crippen LogP contribution >= 0.6 is 15.9 Å². The quantitative estimate of drug-likeness (QED) is 0.880. The largest absolute Gasteiger partial charge is 0.479 e. The summed E-state index contributed by atoms with van der Waals surface area (Å²) in [6.45, 7) is 0. The van der Waals surface area contributed by atoms with Crippen LogP contribution in [0.3, 0.4) is 0 Å². The number of halogens is 1. The van der Waals surface area contributed by atoms with Gasteiger partial charge in [-0.15, -0.1) is 0 Å². The number of hydrogen-bond donors (Lipinski definition) is 2. The van der Waals surface area contributed by atoms with E-state index in [0.717, 1.165) is 5.56 Å². The molecule has 5 heteroatoms. The van der Waals surface area contributed by atoms with Crippen molar-refractivity contribution < 1.29 is 14.7 Å². The van der Waals surface area contributed by atoms with Crippen LogP contribution in [0.25, 0.3) is 0 Å². The normalized spacial score (nSPS) is 22.9. The Labute approximate surface area is 136 Å². The van der Waals surface area contributed by atoms with Gasteiger partial charge < -0.3 is 10.4 Å². The monoisotopic (exact) mass is 359 g/mol. The van der Waals surface area contributed by atoms with Crippen molar-refractivity contribution in [1.82, 2.24) is 5.32 Å². The number of benzene rings is 2. The third kappa shape index (κ3) is 2.52. The Balaban J connectivity index is 1.85. The van der Waals surface area contributed by atoms with E-state index in [-0.39, 0.29) is 11.8 Å². The zero-order chi connectivity index (χ0) is 15.7. The zero-order valence-corrected chi connectivity index (χ0v) is 13.2. The van der Waals surface area contributed by atoms with Gasteiger partial charge in [-0.1, -0.05) is 42.5 Å². The topological polar surface area (TPSA) is 66.4 Å². The van der Waals surface area contributed by atoms with Crippen molar-refractivity contribution in [2.45, 2.75) is 17.9 Å². The summed E-state index contributed by atoms with van der Waals surface area (Å²) in [5, 5.41) is 12.3. The van der Waals surface area contributed by atoms with Crippen molar-refractivity contribution in [2.75, 3.05) is 0 Å². The minimum absolute atomic E-state index is 0.197. The number of rotatable bonds is 4. The van der Waals surface area contributed by atoms with Crippen LogP contribution in [0.4, 0.5) is 0 Å². The molecule has 3 rings (SSSR count). The van der Waals surface area contributed by atoms with Gasteiger partial charge in [0.2, 0.25) is 0 Å². The fourth-order valence-corrected chi connectivity index (χ4v) is 3.16. The lowest BCUT2D eigenvalue weighted by Crippen LogP contribution is -2.44. The Morgan fingerprint density at radius 3 is 2.36 bits per heavy atom. The van der Waals surface area contributed by atoms with Gasteiger partial charge in [0, 0.05) is 10.4 Å². The molecule has 0 saturated heterocycles. The SMILES string of the molecule is O=C(NC1(C(=O)O)CC1c1ccccc1)c1ccccc1Br. The molecular formula is C17H14BrNO3. The third-order valence-electron chi connectivity index (χ3n) is 4.00. The smallest absolute Gasteiger partial charge is 0.330 e. The molecule has 0 radical (unpaired) electrons. The lowest BCUT2D eigenvalue weighted by atomic mass is 10.1. The molecule has 1 fully saturated rings.